The summed E-state index contributed by atoms with van der Waals surface area (Å²) >= 11 is 0. The zero-order valence-electron chi connectivity index (χ0n) is 13.3. The zero-order valence-corrected chi connectivity index (χ0v) is 13.3. The molecule has 2 aliphatic heterocycles. The molecule has 0 aromatic heterocycles. The van der Waals surface area contributed by atoms with E-state index in [0.29, 0.717) is 24.8 Å². The van der Waals surface area contributed by atoms with Crippen molar-refractivity contribution in [3.63, 3.8) is 0 Å². The summed E-state index contributed by atoms with van der Waals surface area (Å²) in [5, 5.41) is 14.2. The van der Waals surface area contributed by atoms with Crippen molar-refractivity contribution in [2.24, 2.45) is 0 Å². The lowest BCUT2D eigenvalue weighted by molar-refractivity contribution is -0.384. The van der Waals surface area contributed by atoms with Gasteiger partial charge in [-0.3, -0.25) is 19.8 Å². The van der Waals surface area contributed by atoms with Crippen LogP contribution in [0.4, 0.5) is 11.4 Å². The number of nitro groups is 1. The van der Waals surface area contributed by atoms with Gasteiger partial charge in [-0.25, -0.2) is 0 Å². The van der Waals surface area contributed by atoms with E-state index in [1.807, 2.05) is 7.05 Å². The Hall–Kier alpha value is -1.99. The van der Waals surface area contributed by atoms with E-state index in [2.05, 4.69) is 10.2 Å². The molecular formula is C16H22N4O3. The van der Waals surface area contributed by atoms with Crippen molar-refractivity contribution in [1.29, 1.82) is 0 Å². The molecule has 23 heavy (non-hydrogen) atoms. The first-order valence-electron chi connectivity index (χ1n) is 8.06. The van der Waals surface area contributed by atoms with Gasteiger partial charge in [-0.1, -0.05) is 6.07 Å². The van der Waals surface area contributed by atoms with Crippen LogP contribution in [0.25, 0.3) is 0 Å². The van der Waals surface area contributed by atoms with Gasteiger partial charge in [0.25, 0.3) is 5.69 Å². The number of fused-ring (bicyclic) bond motifs is 1. The average molecular weight is 318 g/mol. The topological polar surface area (TPSA) is 78.7 Å². The van der Waals surface area contributed by atoms with Crippen LogP contribution in [0.5, 0.6) is 0 Å². The van der Waals surface area contributed by atoms with E-state index in [4.69, 9.17) is 0 Å². The van der Waals surface area contributed by atoms with Crippen LogP contribution in [0.15, 0.2) is 18.2 Å². The maximum Gasteiger partial charge on any atom is 0.271 e. The van der Waals surface area contributed by atoms with Crippen molar-refractivity contribution in [1.82, 2.24) is 10.2 Å². The molecule has 7 heteroatoms. The number of carbonyl (C=O) groups excluding carboxylic acids is 1. The molecule has 7 nitrogen and oxygen atoms in total. The highest BCUT2D eigenvalue weighted by atomic mass is 16.6. The zero-order chi connectivity index (χ0) is 16.4. The molecule has 0 radical (unpaired) electrons. The molecule has 1 unspecified atom stereocenters. The third kappa shape index (κ3) is 3.35. The minimum Gasteiger partial charge on any atom is -0.316 e. The Balaban J connectivity index is 1.70. The molecule has 2 aliphatic rings. The largest absolute Gasteiger partial charge is 0.316 e. The normalized spacial score (nSPS) is 21.3. The standard InChI is InChI=1S/C16H22N4O3/c1-17-13-3-2-7-18(10-13)11-16(21)19-8-6-12-4-5-14(20(22)23)9-15(12)19/h4-5,9,13,17H,2-3,6-8,10-11H2,1H3. The number of anilines is 1. The lowest BCUT2D eigenvalue weighted by Gasteiger charge is -2.33. The minimum atomic E-state index is -0.413. The number of piperidine rings is 1. The van der Waals surface area contributed by atoms with Crippen LogP contribution >= 0.6 is 0 Å². The molecule has 1 saturated heterocycles. The summed E-state index contributed by atoms with van der Waals surface area (Å²) < 4.78 is 0. The van der Waals surface area contributed by atoms with Gasteiger partial charge in [0.2, 0.25) is 5.91 Å². The number of nitro benzene ring substituents is 1. The molecule has 124 valence electrons. The molecule has 0 spiro atoms. The number of benzene rings is 1. The van der Waals surface area contributed by atoms with Crippen molar-refractivity contribution in [3.8, 4) is 0 Å². The molecule has 0 aliphatic carbocycles. The van der Waals surface area contributed by atoms with Crippen molar-refractivity contribution >= 4 is 17.3 Å². The number of nitrogens with one attached hydrogen (secondary N) is 1. The predicted octanol–water partition coefficient (Wildman–Crippen LogP) is 1.17. The Morgan fingerprint density at radius 3 is 3.00 bits per heavy atom. The van der Waals surface area contributed by atoms with Gasteiger partial charge in [0.1, 0.15) is 0 Å². The van der Waals surface area contributed by atoms with E-state index in [0.717, 1.165) is 37.9 Å². The molecule has 1 aromatic carbocycles. The summed E-state index contributed by atoms with van der Waals surface area (Å²) in [6.07, 6.45) is 2.99. The average Bonchev–Trinajstić information content (AvgIpc) is 2.98. The minimum absolute atomic E-state index is 0.0287. The maximum absolute atomic E-state index is 12.6. The summed E-state index contributed by atoms with van der Waals surface area (Å²) in [6, 6.07) is 5.23. The summed E-state index contributed by atoms with van der Waals surface area (Å²) in [4.78, 5) is 27.1. The van der Waals surface area contributed by atoms with Crippen LogP contribution in [0, 0.1) is 10.1 Å². The summed E-state index contributed by atoms with van der Waals surface area (Å²) in [7, 11) is 1.95. The van der Waals surface area contributed by atoms with E-state index in [9.17, 15) is 14.9 Å². The van der Waals surface area contributed by atoms with Crippen molar-refractivity contribution in [2.45, 2.75) is 25.3 Å². The van der Waals surface area contributed by atoms with Gasteiger partial charge < -0.3 is 10.2 Å². The number of amides is 1. The monoisotopic (exact) mass is 318 g/mol. The fourth-order valence-electron chi connectivity index (χ4n) is 3.45. The van der Waals surface area contributed by atoms with Crippen LogP contribution in [-0.4, -0.2) is 55.0 Å². The van der Waals surface area contributed by atoms with Gasteiger partial charge in [0.05, 0.1) is 17.2 Å². The first-order valence-corrected chi connectivity index (χ1v) is 8.06. The van der Waals surface area contributed by atoms with Crippen molar-refractivity contribution < 1.29 is 9.72 Å². The van der Waals surface area contributed by atoms with Crippen molar-refractivity contribution in [3.05, 3.63) is 33.9 Å². The smallest absolute Gasteiger partial charge is 0.271 e. The van der Waals surface area contributed by atoms with Gasteiger partial charge in [-0.2, -0.15) is 0 Å². The second-order valence-corrected chi connectivity index (χ2v) is 6.23. The second-order valence-electron chi connectivity index (χ2n) is 6.23. The van der Waals surface area contributed by atoms with Crippen LogP contribution in [0.3, 0.4) is 0 Å². The molecular weight excluding hydrogens is 296 g/mol. The number of likely N-dealkylation sites (N-methyl/N-ethyl adjacent to an activating group) is 1. The van der Waals surface area contributed by atoms with Gasteiger partial charge >= 0.3 is 0 Å². The van der Waals surface area contributed by atoms with Crippen LogP contribution in [0.2, 0.25) is 0 Å². The molecule has 1 aromatic rings. The number of hydrogen-bond acceptors (Lipinski definition) is 5. The molecule has 0 saturated carbocycles. The molecule has 3 rings (SSSR count). The molecule has 1 atom stereocenters. The number of carbonyl (C=O) groups is 1. The van der Waals surface area contributed by atoms with Gasteiger partial charge in [0.15, 0.2) is 0 Å². The first-order chi connectivity index (χ1) is 11.1. The quantitative estimate of drug-likeness (QED) is 0.666. The second kappa shape index (κ2) is 6.64. The molecule has 1 N–H and O–H groups in total. The Bertz CT molecular complexity index is 619. The van der Waals surface area contributed by atoms with E-state index in [1.165, 1.54) is 12.1 Å². The number of hydrogen-bond donors (Lipinski definition) is 1. The molecule has 0 bridgehead atoms. The van der Waals surface area contributed by atoms with E-state index >= 15 is 0 Å². The highest BCUT2D eigenvalue weighted by molar-refractivity contribution is 5.97. The van der Waals surface area contributed by atoms with E-state index in [1.54, 1.807) is 11.0 Å². The lowest BCUT2D eigenvalue weighted by Crippen LogP contribution is -2.48. The van der Waals surface area contributed by atoms with E-state index in [-0.39, 0.29) is 11.6 Å². The van der Waals surface area contributed by atoms with Crippen LogP contribution in [-0.2, 0) is 11.2 Å². The predicted molar refractivity (Wildman–Crippen MR) is 87.7 cm³/mol. The maximum atomic E-state index is 12.6. The Morgan fingerprint density at radius 2 is 2.26 bits per heavy atom. The molecule has 2 heterocycles. The van der Waals surface area contributed by atoms with Gasteiger partial charge in [-0.15, -0.1) is 0 Å². The van der Waals surface area contributed by atoms with Gasteiger partial charge in [-0.05, 0) is 38.4 Å². The third-order valence-electron chi connectivity index (χ3n) is 4.75. The van der Waals surface area contributed by atoms with Crippen LogP contribution < -0.4 is 10.2 Å². The number of likely N-dealkylation sites (tertiary alicyclic amines) is 1. The number of nitrogens with zero attached hydrogens (tertiary/aromatic N) is 3. The van der Waals surface area contributed by atoms with Crippen molar-refractivity contribution in [2.75, 3.05) is 38.1 Å². The van der Waals surface area contributed by atoms with Gasteiger partial charge in [0, 0.05) is 31.3 Å². The summed E-state index contributed by atoms with van der Waals surface area (Å²) in [5.41, 5.74) is 1.75. The number of non-ortho nitro benzene ring substituents is 1. The Kier molecular flexibility index (Phi) is 4.58. The first kappa shape index (κ1) is 15.9. The fraction of sp³-hybridized carbons (Fsp3) is 0.562. The summed E-state index contributed by atoms with van der Waals surface area (Å²) in [5.74, 6) is 0.0287. The molecule has 1 fully saturated rings. The lowest BCUT2D eigenvalue weighted by atomic mass is 10.1. The Morgan fingerprint density at radius 1 is 1.43 bits per heavy atom. The third-order valence-corrected chi connectivity index (χ3v) is 4.75. The Labute approximate surface area is 135 Å². The fourth-order valence-corrected chi connectivity index (χ4v) is 3.45. The SMILES string of the molecule is CNC1CCCN(CC(=O)N2CCc3ccc([N+](=O)[O-])cc32)C1. The van der Waals surface area contributed by atoms with Crippen LogP contribution in [0.1, 0.15) is 18.4 Å². The summed E-state index contributed by atoms with van der Waals surface area (Å²) in [6.45, 7) is 2.79. The molecule has 1 amide bonds. The highest BCUT2D eigenvalue weighted by Crippen LogP contribution is 2.31. The van der Waals surface area contributed by atoms with E-state index < -0.39 is 4.92 Å². The highest BCUT2D eigenvalue weighted by Gasteiger charge is 2.29. The number of rotatable bonds is 4.